The van der Waals surface area contributed by atoms with Gasteiger partial charge in [-0.1, -0.05) is 186 Å². The number of hydrogen-bond donors (Lipinski definition) is 0. The van der Waals surface area contributed by atoms with E-state index < -0.39 is 0 Å². The molecule has 11 aromatic carbocycles. The molecule has 14 rings (SSSR count). The SMILES string of the molecule is CC(C)(C)c1cc(N2c3cc4cc5ccccc5cc4cc3B3c4cc5cc6ccccc6cc5cc4N(c4cc(C(C)(C)C)cc(C(C)(C)C)c4)c4cc(-c5ccc6c(c5)sc5ccccc56)cc2c43)cc(C(C)(C)C)c1. The van der Waals surface area contributed by atoms with E-state index in [9.17, 15) is 0 Å². The van der Waals surface area contributed by atoms with Crippen molar-refractivity contribution in [2.75, 3.05) is 9.80 Å². The van der Waals surface area contributed by atoms with Crippen molar-refractivity contribution in [3.05, 3.63) is 210 Å². The van der Waals surface area contributed by atoms with Gasteiger partial charge in [-0.2, -0.15) is 0 Å². The molecule has 12 aromatic rings. The highest BCUT2D eigenvalue weighted by molar-refractivity contribution is 7.25. The van der Waals surface area contributed by atoms with Crippen molar-refractivity contribution in [1.82, 2.24) is 0 Å². The average molecular weight is 1030 g/mol. The summed E-state index contributed by atoms with van der Waals surface area (Å²) in [6, 6.07) is 73.7. The van der Waals surface area contributed by atoms with Crippen molar-refractivity contribution < 1.29 is 0 Å². The number of anilines is 6. The van der Waals surface area contributed by atoms with Crippen LogP contribution in [0.5, 0.6) is 0 Å². The molecular weight excluding hydrogens is 960 g/mol. The summed E-state index contributed by atoms with van der Waals surface area (Å²) < 4.78 is 2.63. The summed E-state index contributed by atoms with van der Waals surface area (Å²) in [5.41, 5.74) is 18.6. The maximum absolute atomic E-state index is 2.68. The molecule has 0 N–H and O–H groups in total. The lowest BCUT2D eigenvalue weighted by molar-refractivity contribution is 0.568. The maximum atomic E-state index is 2.68. The second kappa shape index (κ2) is 16.9. The molecule has 2 aliphatic rings. The van der Waals surface area contributed by atoms with Crippen LogP contribution in [-0.4, -0.2) is 6.71 Å². The molecule has 0 saturated carbocycles. The van der Waals surface area contributed by atoms with Crippen LogP contribution in [0.15, 0.2) is 188 Å². The fraction of sp³-hybridized carbons (Fsp3) is 0.216. The Hall–Kier alpha value is -7.66. The molecule has 0 fully saturated rings. The van der Waals surface area contributed by atoms with Gasteiger partial charge in [0.25, 0.3) is 6.71 Å². The van der Waals surface area contributed by atoms with E-state index in [1.165, 1.54) is 147 Å². The van der Waals surface area contributed by atoms with E-state index in [4.69, 9.17) is 0 Å². The van der Waals surface area contributed by atoms with Crippen molar-refractivity contribution in [2.45, 2.75) is 105 Å². The van der Waals surface area contributed by atoms with Crippen LogP contribution >= 0.6 is 11.3 Å². The Morgan fingerprint density at radius 2 is 0.692 bits per heavy atom. The van der Waals surface area contributed by atoms with Crippen LogP contribution in [0.25, 0.3) is 74.4 Å². The predicted molar refractivity (Wildman–Crippen MR) is 344 cm³/mol. The molecule has 0 amide bonds. The van der Waals surface area contributed by atoms with E-state index in [2.05, 4.69) is 281 Å². The Morgan fingerprint density at radius 3 is 1.12 bits per heavy atom. The fourth-order valence-corrected chi connectivity index (χ4v) is 13.9. The van der Waals surface area contributed by atoms with Crippen molar-refractivity contribution >= 4 is 132 Å². The highest BCUT2D eigenvalue weighted by Gasteiger charge is 2.45. The number of nitrogens with zero attached hydrogens (tertiary/aromatic N) is 2. The van der Waals surface area contributed by atoms with Gasteiger partial charge in [0.05, 0.1) is 0 Å². The van der Waals surface area contributed by atoms with Crippen molar-refractivity contribution in [1.29, 1.82) is 0 Å². The molecule has 3 heterocycles. The first kappa shape index (κ1) is 48.7. The van der Waals surface area contributed by atoms with Crippen molar-refractivity contribution in [3.63, 3.8) is 0 Å². The second-order valence-electron chi connectivity index (χ2n) is 26.8. The normalized spacial score (nSPS) is 13.8. The van der Waals surface area contributed by atoms with E-state index in [1.54, 1.807) is 0 Å². The lowest BCUT2D eigenvalue weighted by atomic mass is 9.33. The lowest BCUT2D eigenvalue weighted by Gasteiger charge is -2.45. The summed E-state index contributed by atoms with van der Waals surface area (Å²) in [4.78, 5) is 5.35. The first-order valence-electron chi connectivity index (χ1n) is 28.1. The van der Waals surface area contributed by atoms with Gasteiger partial charge in [-0.3, -0.25) is 0 Å². The zero-order chi connectivity index (χ0) is 53.9. The molecule has 382 valence electrons. The molecule has 0 atom stereocenters. The highest BCUT2D eigenvalue weighted by Crippen LogP contribution is 2.50. The third-order valence-electron chi connectivity index (χ3n) is 17.2. The summed E-state index contributed by atoms with van der Waals surface area (Å²) in [7, 11) is 0. The Kier molecular flexibility index (Phi) is 10.6. The smallest absolute Gasteiger partial charge is 0.252 e. The Balaban J connectivity index is 1.17. The molecule has 2 nitrogen and oxygen atoms in total. The maximum Gasteiger partial charge on any atom is 0.252 e. The van der Waals surface area contributed by atoms with E-state index in [-0.39, 0.29) is 28.4 Å². The molecule has 0 saturated heterocycles. The molecular formula is C74H67BN2S. The molecule has 0 bridgehead atoms. The quantitative estimate of drug-likeness (QED) is 0.129. The molecule has 0 spiro atoms. The van der Waals surface area contributed by atoms with Gasteiger partial charge in [0, 0.05) is 54.3 Å². The van der Waals surface area contributed by atoms with Crippen LogP contribution in [0.4, 0.5) is 34.1 Å². The molecule has 0 radical (unpaired) electrons. The Bertz CT molecular complexity index is 4220. The van der Waals surface area contributed by atoms with E-state index in [0.717, 1.165) is 0 Å². The number of hydrogen-bond acceptors (Lipinski definition) is 3. The van der Waals surface area contributed by atoms with Crippen molar-refractivity contribution in [3.8, 4) is 11.1 Å². The first-order chi connectivity index (χ1) is 37.1. The van der Waals surface area contributed by atoms with Crippen LogP contribution in [0.2, 0.25) is 0 Å². The van der Waals surface area contributed by atoms with Crippen LogP contribution < -0.4 is 26.2 Å². The fourth-order valence-electron chi connectivity index (χ4n) is 12.7. The van der Waals surface area contributed by atoms with Crippen molar-refractivity contribution in [2.24, 2.45) is 0 Å². The van der Waals surface area contributed by atoms with Crippen LogP contribution in [0, 0.1) is 0 Å². The minimum atomic E-state index is -0.0931. The topological polar surface area (TPSA) is 6.48 Å². The molecule has 0 unspecified atom stereocenters. The first-order valence-corrected chi connectivity index (χ1v) is 28.9. The second-order valence-corrected chi connectivity index (χ2v) is 27.9. The van der Waals surface area contributed by atoms with Gasteiger partial charge in [-0.25, -0.2) is 0 Å². The van der Waals surface area contributed by atoms with Crippen LogP contribution in [0.3, 0.4) is 0 Å². The summed E-state index contributed by atoms with van der Waals surface area (Å²) in [5, 5.41) is 12.7. The molecule has 2 aliphatic heterocycles. The highest BCUT2D eigenvalue weighted by atomic mass is 32.1. The van der Waals surface area contributed by atoms with Gasteiger partial charge in [-0.05, 0) is 199 Å². The predicted octanol–water partition coefficient (Wildman–Crippen LogP) is 19.6. The van der Waals surface area contributed by atoms with Crippen LogP contribution in [-0.2, 0) is 21.7 Å². The van der Waals surface area contributed by atoms with E-state index in [1.807, 2.05) is 11.3 Å². The monoisotopic (exact) mass is 1030 g/mol. The standard InChI is InChI=1S/C74H67BN2S/c1-71(2,3)54-38-55(72(4,5)6)41-58(40-54)76-64-33-51-29-46-21-15-13-19-44(46)27-49(51)31-62(64)75-63-32-50-28-45-20-14-16-22-47(45)30-52(50)34-65(63)77(59-42-56(73(7,8)9)39-57(43-59)74(10,11)12)67-36-53(35-66(76)70(67)75)48-25-26-61-60-23-17-18-24-68(60)78-69(61)37-48/h13-43H,1-12H3. The van der Waals surface area contributed by atoms with Gasteiger partial charge >= 0.3 is 0 Å². The summed E-state index contributed by atoms with van der Waals surface area (Å²) in [6.07, 6.45) is 0. The minimum absolute atomic E-state index is 0.0841. The summed E-state index contributed by atoms with van der Waals surface area (Å²) in [6.45, 7) is 28.3. The average Bonchev–Trinajstić information content (AvgIpc) is 3.33. The minimum Gasteiger partial charge on any atom is -0.311 e. The zero-order valence-corrected chi connectivity index (χ0v) is 48.1. The third kappa shape index (κ3) is 7.88. The number of rotatable bonds is 3. The Morgan fingerprint density at radius 1 is 0.308 bits per heavy atom. The van der Waals surface area contributed by atoms with E-state index >= 15 is 0 Å². The molecule has 78 heavy (non-hydrogen) atoms. The number of thiophene rings is 1. The van der Waals surface area contributed by atoms with Crippen LogP contribution in [0.1, 0.15) is 105 Å². The van der Waals surface area contributed by atoms with E-state index in [0.29, 0.717) is 0 Å². The molecule has 0 aliphatic carbocycles. The van der Waals surface area contributed by atoms with Gasteiger partial charge < -0.3 is 9.80 Å². The lowest BCUT2D eigenvalue weighted by Crippen LogP contribution is -2.61. The molecule has 1 aromatic heterocycles. The van der Waals surface area contributed by atoms with Gasteiger partial charge in [0.2, 0.25) is 0 Å². The van der Waals surface area contributed by atoms with Gasteiger partial charge in [0.1, 0.15) is 0 Å². The zero-order valence-electron chi connectivity index (χ0n) is 47.3. The number of benzene rings is 11. The largest absolute Gasteiger partial charge is 0.311 e. The molecule has 4 heteroatoms. The summed E-state index contributed by atoms with van der Waals surface area (Å²) in [5.74, 6) is 0. The Labute approximate surface area is 465 Å². The van der Waals surface area contributed by atoms with Gasteiger partial charge in [0.15, 0.2) is 0 Å². The number of fused-ring (bicyclic) bond motifs is 11. The van der Waals surface area contributed by atoms with Gasteiger partial charge in [-0.15, -0.1) is 11.3 Å². The third-order valence-corrected chi connectivity index (χ3v) is 18.4. The summed E-state index contributed by atoms with van der Waals surface area (Å²) >= 11 is 1.90.